The second-order valence-electron chi connectivity index (χ2n) is 9.43. The molecule has 2 aromatic heterocycles. The Morgan fingerprint density at radius 2 is 1.92 bits per heavy atom. The van der Waals surface area contributed by atoms with Gasteiger partial charge in [0.2, 0.25) is 0 Å². The zero-order chi connectivity index (χ0) is 26.2. The number of carboxylic acid groups (broad SMARTS) is 1. The van der Waals surface area contributed by atoms with E-state index >= 15 is 0 Å². The summed E-state index contributed by atoms with van der Waals surface area (Å²) in [5.74, 6) is 1.02. The molecule has 4 heterocycles. The first-order chi connectivity index (χ1) is 17.8. The number of fused-ring (bicyclic) bond motifs is 2. The summed E-state index contributed by atoms with van der Waals surface area (Å²) in [5.41, 5.74) is 3.89. The first-order valence-corrected chi connectivity index (χ1v) is 14.4. The van der Waals surface area contributed by atoms with Gasteiger partial charge in [0, 0.05) is 23.5 Å². The van der Waals surface area contributed by atoms with Crippen LogP contribution in [0, 0.1) is 6.92 Å². The minimum absolute atomic E-state index is 0.0197. The first kappa shape index (κ1) is 25.3. The predicted octanol–water partition coefficient (Wildman–Crippen LogP) is 4.34. The molecule has 2 N–H and O–H groups in total. The molecule has 3 aromatic rings. The van der Waals surface area contributed by atoms with E-state index < -0.39 is 16.1 Å². The molecule has 0 radical (unpaired) electrons. The lowest BCUT2D eigenvalue weighted by atomic mass is 9.97. The van der Waals surface area contributed by atoms with E-state index in [-0.39, 0.29) is 29.7 Å². The van der Waals surface area contributed by atoms with Crippen molar-refractivity contribution in [3.63, 3.8) is 0 Å². The van der Waals surface area contributed by atoms with Crippen LogP contribution in [-0.2, 0) is 16.6 Å². The molecule has 1 aromatic carbocycles. The molecular formula is C25H29N5O5S2. The Kier molecular flexibility index (Phi) is 6.95. The number of piperidine rings is 1. The van der Waals surface area contributed by atoms with E-state index in [0.29, 0.717) is 11.6 Å². The molecule has 2 aliphatic heterocycles. The SMILES string of the molecule is COc1ccc(CN(c2cscn2)S(=O)(=O)c2cc(C)c(N[C@@H]3C[C@H]4CC[C@@H](C3)N4C(=O)O)cn2)cc1. The number of thiazole rings is 1. The summed E-state index contributed by atoms with van der Waals surface area (Å²) in [6.45, 7) is 1.95. The van der Waals surface area contributed by atoms with Crippen LogP contribution in [0.25, 0.3) is 0 Å². The van der Waals surface area contributed by atoms with E-state index in [1.165, 1.54) is 15.6 Å². The number of nitrogens with zero attached hydrogens (tertiary/aromatic N) is 4. The summed E-state index contributed by atoms with van der Waals surface area (Å²) in [6, 6.07) is 8.94. The van der Waals surface area contributed by atoms with Crippen molar-refractivity contribution in [2.24, 2.45) is 0 Å². The van der Waals surface area contributed by atoms with E-state index in [0.717, 1.165) is 42.5 Å². The Balaban J connectivity index is 1.36. The van der Waals surface area contributed by atoms with E-state index in [9.17, 15) is 18.3 Å². The zero-order valence-corrected chi connectivity index (χ0v) is 22.2. The molecule has 37 heavy (non-hydrogen) atoms. The number of hydrogen-bond acceptors (Lipinski definition) is 8. The standard InChI is InChI=1S/C25H29N5O5S2/c1-16-9-24(26-12-22(16)28-18-10-19-5-6-20(11-18)30(19)25(31)32)37(33,34)29(23-14-36-15-27-23)13-17-3-7-21(35-2)8-4-17/h3-4,7-9,12,14-15,18-20,28H,5-6,10-11,13H2,1-2H3,(H,31,32)/t18-,19-,20+. The number of amides is 1. The number of sulfonamides is 1. The monoisotopic (exact) mass is 543 g/mol. The number of aryl methyl sites for hydroxylation is 1. The molecule has 0 unspecified atom stereocenters. The van der Waals surface area contributed by atoms with Gasteiger partial charge < -0.3 is 20.1 Å². The van der Waals surface area contributed by atoms with Gasteiger partial charge in [0.15, 0.2) is 10.8 Å². The van der Waals surface area contributed by atoms with Crippen molar-refractivity contribution in [1.29, 1.82) is 0 Å². The molecule has 12 heteroatoms. The van der Waals surface area contributed by atoms with Crippen LogP contribution < -0.4 is 14.4 Å². The Bertz CT molecular complexity index is 1350. The number of anilines is 2. The highest BCUT2D eigenvalue weighted by atomic mass is 32.2. The second-order valence-corrected chi connectivity index (χ2v) is 12.0. The summed E-state index contributed by atoms with van der Waals surface area (Å²) < 4.78 is 33.9. The van der Waals surface area contributed by atoms with Crippen molar-refractivity contribution in [3.05, 3.63) is 58.5 Å². The van der Waals surface area contributed by atoms with Crippen LogP contribution in [0.3, 0.4) is 0 Å². The van der Waals surface area contributed by atoms with Gasteiger partial charge in [0.1, 0.15) is 5.75 Å². The lowest BCUT2D eigenvalue weighted by Crippen LogP contribution is -2.49. The van der Waals surface area contributed by atoms with Crippen molar-refractivity contribution in [1.82, 2.24) is 14.9 Å². The molecule has 2 fully saturated rings. The maximum atomic E-state index is 13.7. The molecule has 0 saturated carbocycles. The molecular weight excluding hydrogens is 514 g/mol. The van der Waals surface area contributed by atoms with Gasteiger partial charge in [-0.15, -0.1) is 11.3 Å². The normalized spacial score (nSPS) is 21.0. The molecule has 1 amide bonds. The Morgan fingerprint density at radius 3 is 2.49 bits per heavy atom. The number of ether oxygens (including phenoxy) is 1. The molecule has 0 aliphatic carbocycles. The number of rotatable bonds is 8. The summed E-state index contributed by atoms with van der Waals surface area (Å²) >= 11 is 1.32. The van der Waals surface area contributed by atoms with Crippen molar-refractivity contribution in [2.75, 3.05) is 16.7 Å². The maximum Gasteiger partial charge on any atom is 0.407 e. The number of pyridine rings is 1. The lowest BCUT2D eigenvalue weighted by Gasteiger charge is -2.37. The fourth-order valence-corrected chi connectivity index (χ4v) is 7.29. The fraction of sp³-hybridized carbons (Fsp3) is 0.400. The van der Waals surface area contributed by atoms with E-state index in [2.05, 4.69) is 15.3 Å². The van der Waals surface area contributed by atoms with Gasteiger partial charge in [0.05, 0.1) is 31.0 Å². The zero-order valence-electron chi connectivity index (χ0n) is 20.6. The average Bonchev–Trinajstić information content (AvgIpc) is 3.50. The van der Waals surface area contributed by atoms with Gasteiger partial charge in [-0.2, -0.15) is 8.42 Å². The highest BCUT2D eigenvalue weighted by Crippen LogP contribution is 2.37. The van der Waals surface area contributed by atoms with Crippen LogP contribution in [0.2, 0.25) is 0 Å². The Labute approximate surface area is 220 Å². The van der Waals surface area contributed by atoms with E-state index in [1.807, 2.05) is 19.1 Å². The lowest BCUT2D eigenvalue weighted by molar-refractivity contribution is 0.0994. The molecule has 196 valence electrons. The van der Waals surface area contributed by atoms with E-state index in [4.69, 9.17) is 4.74 Å². The van der Waals surface area contributed by atoms with Gasteiger partial charge >= 0.3 is 6.09 Å². The maximum absolute atomic E-state index is 13.7. The Hall–Kier alpha value is -3.38. The largest absolute Gasteiger partial charge is 0.497 e. The molecule has 2 bridgehead atoms. The van der Waals surface area contributed by atoms with Gasteiger partial charge in [-0.25, -0.2) is 19.1 Å². The number of aromatic nitrogens is 2. The molecule has 2 aliphatic rings. The third-order valence-electron chi connectivity index (χ3n) is 7.11. The van der Waals surface area contributed by atoms with E-state index in [1.54, 1.807) is 47.3 Å². The summed E-state index contributed by atoms with van der Waals surface area (Å²) in [7, 11) is -2.42. The second kappa shape index (κ2) is 10.2. The summed E-state index contributed by atoms with van der Waals surface area (Å²) in [4.78, 5) is 21.7. The predicted molar refractivity (Wildman–Crippen MR) is 141 cm³/mol. The first-order valence-electron chi connectivity index (χ1n) is 12.0. The topological polar surface area (TPSA) is 125 Å². The quantitative estimate of drug-likeness (QED) is 0.430. The number of carbonyl (C=O) groups is 1. The molecule has 3 atom stereocenters. The minimum Gasteiger partial charge on any atom is -0.497 e. The van der Waals surface area contributed by atoms with Gasteiger partial charge in [0.25, 0.3) is 10.0 Å². The van der Waals surface area contributed by atoms with Crippen LogP contribution in [-0.4, -0.2) is 59.7 Å². The summed E-state index contributed by atoms with van der Waals surface area (Å²) in [5, 5.41) is 14.6. The average molecular weight is 544 g/mol. The van der Waals surface area contributed by atoms with Crippen LogP contribution in [0.15, 0.2) is 52.4 Å². The van der Waals surface area contributed by atoms with Gasteiger partial charge in [-0.05, 0) is 61.9 Å². The molecule has 2 saturated heterocycles. The molecule has 5 rings (SSSR count). The van der Waals surface area contributed by atoms with Crippen molar-refractivity contribution < 1.29 is 23.1 Å². The van der Waals surface area contributed by atoms with Crippen LogP contribution in [0.4, 0.5) is 16.3 Å². The van der Waals surface area contributed by atoms with Crippen molar-refractivity contribution >= 4 is 39.0 Å². The van der Waals surface area contributed by atoms with Crippen molar-refractivity contribution in [3.8, 4) is 5.75 Å². The number of nitrogens with one attached hydrogen (secondary N) is 1. The smallest absolute Gasteiger partial charge is 0.407 e. The molecule has 0 spiro atoms. The third-order valence-corrected chi connectivity index (χ3v) is 9.34. The Morgan fingerprint density at radius 1 is 1.22 bits per heavy atom. The number of hydrogen-bond donors (Lipinski definition) is 2. The highest BCUT2D eigenvalue weighted by molar-refractivity contribution is 7.92. The van der Waals surface area contributed by atoms with Gasteiger partial charge in [-0.3, -0.25) is 0 Å². The minimum atomic E-state index is -4.00. The van der Waals surface area contributed by atoms with Crippen LogP contribution >= 0.6 is 11.3 Å². The van der Waals surface area contributed by atoms with Crippen molar-refractivity contribution in [2.45, 2.75) is 62.3 Å². The third kappa shape index (κ3) is 5.08. The summed E-state index contributed by atoms with van der Waals surface area (Å²) in [6.07, 6.45) is 3.91. The number of benzene rings is 1. The number of methoxy groups -OCH3 is 1. The highest BCUT2D eigenvalue weighted by Gasteiger charge is 2.43. The van der Waals surface area contributed by atoms with Crippen LogP contribution in [0.5, 0.6) is 5.75 Å². The van der Waals surface area contributed by atoms with Crippen LogP contribution in [0.1, 0.15) is 36.8 Å². The molecule has 10 nitrogen and oxygen atoms in total. The fourth-order valence-electron chi connectivity index (χ4n) is 5.28. The van der Waals surface area contributed by atoms with Gasteiger partial charge in [-0.1, -0.05) is 12.1 Å².